The molecule has 0 radical (unpaired) electrons. The number of hydrogen-bond acceptors (Lipinski definition) is 2. The summed E-state index contributed by atoms with van der Waals surface area (Å²) in [6, 6.07) is 10.2. The van der Waals surface area contributed by atoms with Gasteiger partial charge in [0, 0.05) is 11.0 Å². The van der Waals surface area contributed by atoms with Crippen LogP contribution in [0.2, 0.25) is 0 Å². The van der Waals surface area contributed by atoms with E-state index in [1.54, 1.807) is 0 Å². The van der Waals surface area contributed by atoms with E-state index in [2.05, 4.69) is 42.9 Å². The van der Waals surface area contributed by atoms with Crippen molar-refractivity contribution in [2.75, 3.05) is 0 Å². The van der Waals surface area contributed by atoms with Crippen LogP contribution < -0.4 is 0 Å². The van der Waals surface area contributed by atoms with E-state index in [-0.39, 0.29) is 5.41 Å². The monoisotopic (exact) mass is 258 g/mol. The van der Waals surface area contributed by atoms with E-state index in [1.165, 1.54) is 0 Å². The van der Waals surface area contributed by atoms with Gasteiger partial charge in [0.05, 0.1) is 5.69 Å². The molecular formula is C15H18N2S. The van der Waals surface area contributed by atoms with Gasteiger partial charge in [-0.2, -0.15) is 0 Å². The summed E-state index contributed by atoms with van der Waals surface area (Å²) in [4.78, 5) is 7.92. The first-order chi connectivity index (χ1) is 8.39. The minimum atomic E-state index is -0.0369. The fourth-order valence-corrected chi connectivity index (χ4v) is 1.97. The number of aromatic amines is 1. The predicted molar refractivity (Wildman–Crippen MR) is 78.3 cm³/mol. The highest BCUT2D eigenvalue weighted by atomic mass is 32.1. The molecule has 1 aromatic carbocycles. The van der Waals surface area contributed by atoms with Gasteiger partial charge in [0.25, 0.3) is 0 Å². The molecule has 0 saturated heterocycles. The standard InChI is InChI=1S/C15H18N2S/c1-10-12(11-8-6-5-7-9-11)16-14(15(2,3)4)17-13(10)18/h5-9H,1-4H3,(H,16,17,18). The fraction of sp³-hybridized carbons (Fsp3) is 0.333. The summed E-state index contributed by atoms with van der Waals surface area (Å²) >= 11 is 5.37. The normalized spacial score (nSPS) is 11.6. The zero-order chi connectivity index (χ0) is 13.3. The minimum Gasteiger partial charge on any atom is -0.342 e. The summed E-state index contributed by atoms with van der Waals surface area (Å²) < 4.78 is 0.678. The lowest BCUT2D eigenvalue weighted by Crippen LogP contribution is -2.17. The zero-order valence-electron chi connectivity index (χ0n) is 11.2. The molecule has 94 valence electrons. The van der Waals surface area contributed by atoms with Gasteiger partial charge in [-0.25, -0.2) is 4.98 Å². The quantitative estimate of drug-likeness (QED) is 0.767. The molecule has 0 unspecified atom stereocenters. The number of rotatable bonds is 1. The number of hydrogen-bond donors (Lipinski definition) is 1. The van der Waals surface area contributed by atoms with Crippen molar-refractivity contribution < 1.29 is 0 Å². The second-order valence-electron chi connectivity index (χ2n) is 5.51. The Morgan fingerprint density at radius 3 is 2.28 bits per heavy atom. The first kappa shape index (κ1) is 13.0. The van der Waals surface area contributed by atoms with Crippen LogP contribution in [0.4, 0.5) is 0 Å². The van der Waals surface area contributed by atoms with Crippen LogP contribution in [0.1, 0.15) is 32.2 Å². The third-order valence-corrected chi connectivity index (χ3v) is 3.32. The van der Waals surface area contributed by atoms with Gasteiger partial charge < -0.3 is 4.98 Å². The molecule has 1 N–H and O–H groups in total. The first-order valence-electron chi connectivity index (χ1n) is 6.06. The van der Waals surface area contributed by atoms with E-state index in [4.69, 9.17) is 12.2 Å². The third-order valence-electron chi connectivity index (χ3n) is 2.93. The van der Waals surface area contributed by atoms with E-state index in [1.807, 2.05) is 25.1 Å². The van der Waals surface area contributed by atoms with Gasteiger partial charge in [0.1, 0.15) is 10.5 Å². The summed E-state index contributed by atoms with van der Waals surface area (Å²) in [6.07, 6.45) is 0. The molecule has 1 heterocycles. The van der Waals surface area contributed by atoms with E-state index >= 15 is 0 Å². The number of nitrogens with one attached hydrogen (secondary N) is 1. The van der Waals surface area contributed by atoms with Gasteiger partial charge in [-0.1, -0.05) is 63.3 Å². The Labute approximate surface area is 113 Å². The molecule has 3 heteroatoms. The van der Waals surface area contributed by atoms with Crippen LogP contribution in [0.5, 0.6) is 0 Å². The molecule has 0 amide bonds. The molecule has 0 saturated carbocycles. The Morgan fingerprint density at radius 2 is 1.72 bits per heavy atom. The van der Waals surface area contributed by atoms with E-state index in [9.17, 15) is 0 Å². The average molecular weight is 258 g/mol. The number of benzene rings is 1. The van der Waals surface area contributed by atoms with E-state index < -0.39 is 0 Å². The molecular weight excluding hydrogens is 240 g/mol. The van der Waals surface area contributed by atoms with Crippen molar-refractivity contribution in [2.24, 2.45) is 0 Å². The maximum absolute atomic E-state index is 5.37. The third kappa shape index (κ3) is 2.51. The molecule has 18 heavy (non-hydrogen) atoms. The minimum absolute atomic E-state index is 0.0369. The van der Waals surface area contributed by atoms with Gasteiger partial charge >= 0.3 is 0 Å². The van der Waals surface area contributed by atoms with E-state index in [0.29, 0.717) is 4.64 Å². The van der Waals surface area contributed by atoms with Crippen LogP contribution in [-0.4, -0.2) is 9.97 Å². The number of H-pyrrole nitrogens is 1. The molecule has 1 aromatic heterocycles. The van der Waals surface area contributed by atoms with Crippen LogP contribution in [-0.2, 0) is 5.41 Å². The summed E-state index contributed by atoms with van der Waals surface area (Å²) in [7, 11) is 0. The van der Waals surface area contributed by atoms with Crippen LogP contribution in [0.25, 0.3) is 11.3 Å². The summed E-state index contributed by atoms with van der Waals surface area (Å²) in [5, 5.41) is 0. The average Bonchev–Trinajstić information content (AvgIpc) is 2.32. The zero-order valence-corrected chi connectivity index (χ0v) is 12.1. The molecule has 0 fully saturated rings. The molecule has 2 rings (SSSR count). The van der Waals surface area contributed by atoms with Gasteiger partial charge in [-0.05, 0) is 12.5 Å². The Hall–Kier alpha value is -1.48. The van der Waals surface area contributed by atoms with Crippen molar-refractivity contribution >= 4 is 12.2 Å². The molecule has 0 bridgehead atoms. The second kappa shape index (κ2) is 4.65. The molecule has 2 nitrogen and oxygen atoms in total. The Bertz CT molecular complexity index is 607. The molecule has 0 aliphatic rings. The van der Waals surface area contributed by atoms with Crippen molar-refractivity contribution in [3.05, 3.63) is 46.4 Å². The molecule has 0 aliphatic carbocycles. The summed E-state index contributed by atoms with van der Waals surface area (Å²) in [5.41, 5.74) is 3.21. The Morgan fingerprint density at radius 1 is 1.11 bits per heavy atom. The summed E-state index contributed by atoms with van der Waals surface area (Å²) in [5.74, 6) is 0.928. The molecule has 0 aliphatic heterocycles. The predicted octanol–water partition coefficient (Wildman–Crippen LogP) is 4.41. The van der Waals surface area contributed by atoms with Crippen molar-refractivity contribution in [1.82, 2.24) is 9.97 Å². The van der Waals surface area contributed by atoms with E-state index in [0.717, 1.165) is 22.6 Å². The highest BCUT2D eigenvalue weighted by Gasteiger charge is 2.18. The number of nitrogens with zero attached hydrogens (tertiary/aromatic N) is 1. The van der Waals surface area contributed by atoms with Crippen molar-refractivity contribution in [2.45, 2.75) is 33.1 Å². The lowest BCUT2D eigenvalue weighted by Gasteiger charge is -2.19. The van der Waals surface area contributed by atoms with Crippen LogP contribution in [0.3, 0.4) is 0 Å². The number of aromatic nitrogens is 2. The molecule has 0 atom stereocenters. The lowest BCUT2D eigenvalue weighted by atomic mass is 9.95. The first-order valence-corrected chi connectivity index (χ1v) is 6.47. The maximum Gasteiger partial charge on any atom is 0.133 e. The van der Waals surface area contributed by atoms with Crippen LogP contribution >= 0.6 is 12.2 Å². The maximum atomic E-state index is 5.37. The van der Waals surface area contributed by atoms with Gasteiger partial charge in [-0.3, -0.25) is 0 Å². The topological polar surface area (TPSA) is 28.7 Å². The van der Waals surface area contributed by atoms with Crippen LogP contribution in [0, 0.1) is 11.6 Å². The Kier molecular flexibility index (Phi) is 3.35. The molecule has 0 spiro atoms. The van der Waals surface area contributed by atoms with Gasteiger partial charge in [0.15, 0.2) is 0 Å². The smallest absolute Gasteiger partial charge is 0.133 e. The van der Waals surface area contributed by atoms with Crippen molar-refractivity contribution in [1.29, 1.82) is 0 Å². The highest BCUT2D eigenvalue weighted by Crippen LogP contribution is 2.25. The second-order valence-corrected chi connectivity index (χ2v) is 5.89. The molecule has 2 aromatic rings. The highest BCUT2D eigenvalue weighted by molar-refractivity contribution is 7.71. The largest absolute Gasteiger partial charge is 0.342 e. The van der Waals surface area contributed by atoms with Crippen molar-refractivity contribution in [3.8, 4) is 11.3 Å². The fourth-order valence-electron chi connectivity index (χ4n) is 1.78. The van der Waals surface area contributed by atoms with Gasteiger partial charge in [-0.15, -0.1) is 0 Å². The lowest BCUT2D eigenvalue weighted by molar-refractivity contribution is 0.544. The van der Waals surface area contributed by atoms with Gasteiger partial charge in [0.2, 0.25) is 0 Å². The van der Waals surface area contributed by atoms with Crippen molar-refractivity contribution in [3.63, 3.8) is 0 Å². The SMILES string of the molecule is Cc1c(-c2ccccc2)[nH]c(C(C)(C)C)nc1=S. The summed E-state index contributed by atoms with van der Waals surface area (Å²) in [6.45, 7) is 8.40. The Balaban J connectivity index is 2.68. The van der Waals surface area contributed by atoms with Crippen LogP contribution in [0.15, 0.2) is 30.3 Å².